The highest BCUT2D eigenvalue weighted by molar-refractivity contribution is 5.08. The molecule has 0 N–H and O–H groups in total. The van der Waals surface area contributed by atoms with Crippen molar-refractivity contribution in [3.05, 3.63) is 11.6 Å². The first-order chi connectivity index (χ1) is 5.99. The fourth-order valence-corrected chi connectivity index (χ4v) is 2.71. The van der Waals surface area contributed by atoms with Gasteiger partial charge in [-0.3, -0.25) is 0 Å². The Labute approximate surface area is 83.4 Å². The third kappa shape index (κ3) is 1.98. The second kappa shape index (κ2) is 3.86. The lowest BCUT2D eigenvalue weighted by atomic mass is 9.62. The highest BCUT2D eigenvalue weighted by Gasteiger charge is 2.37. The van der Waals surface area contributed by atoms with E-state index >= 15 is 0 Å². The molecule has 13 heavy (non-hydrogen) atoms. The maximum atomic E-state index is 2.46. The third-order valence-corrected chi connectivity index (χ3v) is 4.12. The summed E-state index contributed by atoms with van der Waals surface area (Å²) in [6.45, 7) is 11.8. The molecule has 0 unspecified atom stereocenters. The monoisotopic (exact) mass is 180 g/mol. The Balaban J connectivity index is 2.83. The predicted octanol–water partition coefficient (Wildman–Crippen LogP) is 4.42. The van der Waals surface area contributed by atoms with E-state index in [9.17, 15) is 0 Å². The molecule has 0 fully saturated rings. The van der Waals surface area contributed by atoms with Crippen LogP contribution in [0.2, 0.25) is 0 Å². The van der Waals surface area contributed by atoms with Crippen molar-refractivity contribution in [2.24, 2.45) is 17.3 Å². The molecule has 0 heteroatoms. The van der Waals surface area contributed by atoms with Gasteiger partial charge in [-0.2, -0.15) is 0 Å². The van der Waals surface area contributed by atoms with Crippen LogP contribution in [0.1, 0.15) is 53.9 Å². The standard InChI is InChI=1S/C13H24/c1-10(2)13(11(3)4)8-6-12(5)7-9-13/h6,10-11H,7-9H2,1-5H3. The fraction of sp³-hybridized carbons (Fsp3) is 0.846. The van der Waals surface area contributed by atoms with E-state index in [4.69, 9.17) is 0 Å². The van der Waals surface area contributed by atoms with Gasteiger partial charge < -0.3 is 0 Å². The molecule has 0 amide bonds. The first kappa shape index (κ1) is 10.8. The van der Waals surface area contributed by atoms with Crippen molar-refractivity contribution in [3.63, 3.8) is 0 Å². The van der Waals surface area contributed by atoms with Crippen molar-refractivity contribution in [3.8, 4) is 0 Å². The molecule has 0 bridgehead atoms. The van der Waals surface area contributed by atoms with Crippen molar-refractivity contribution in [2.45, 2.75) is 53.9 Å². The maximum absolute atomic E-state index is 2.46. The van der Waals surface area contributed by atoms with Gasteiger partial charge in [-0.1, -0.05) is 39.3 Å². The molecular formula is C13H24. The Morgan fingerprint density at radius 3 is 2.00 bits per heavy atom. The van der Waals surface area contributed by atoms with Gasteiger partial charge in [-0.15, -0.1) is 0 Å². The van der Waals surface area contributed by atoms with Gasteiger partial charge in [0.1, 0.15) is 0 Å². The van der Waals surface area contributed by atoms with Crippen LogP contribution in [-0.4, -0.2) is 0 Å². The van der Waals surface area contributed by atoms with Crippen molar-refractivity contribution < 1.29 is 0 Å². The van der Waals surface area contributed by atoms with Crippen LogP contribution < -0.4 is 0 Å². The molecule has 0 aromatic rings. The van der Waals surface area contributed by atoms with E-state index in [0.717, 1.165) is 11.8 Å². The molecule has 0 radical (unpaired) electrons. The summed E-state index contributed by atoms with van der Waals surface area (Å²) in [5, 5.41) is 0. The second-order valence-corrected chi connectivity index (χ2v) is 5.30. The topological polar surface area (TPSA) is 0 Å². The van der Waals surface area contributed by atoms with E-state index in [0.29, 0.717) is 5.41 Å². The van der Waals surface area contributed by atoms with Gasteiger partial charge in [0.2, 0.25) is 0 Å². The quantitative estimate of drug-likeness (QED) is 0.552. The highest BCUT2D eigenvalue weighted by atomic mass is 14.4. The van der Waals surface area contributed by atoms with Crippen molar-refractivity contribution in [1.82, 2.24) is 0 Å². The van der Waals surface area contributed by atoms with E-state index in [2.05, 4.69) is 40.7 Å². The van der Waals surface area contributed by atoms with Crippen molar-refractivity contribution >= 4 is 0 Å². The normalized spacial score (nSPS) is 22.2. The van der Waals surface area contributed by atoms with Crippen LogP contribution in [0.3, 0.4) is 0 Å². The molecule has 0 spiro atoms. The van der Waals surface area contributed by atoms with Crippen LogP contribution in [-0.2, 0) is 0 Å². The predicted molar refractivity (Wildman–Crippen MR) is 59.7 cm³/mol. The Kier molecular flexibility index (Phi) is 3.21. The van der Waals surface area contributed by atoms with Gasteiger partial charge in [0, 0.05) is 0 Å². The molecule has 0 aromatic carbocycles. The first-order valence-corrected chi connectivity index (χ1v) is 5.64. The van der Waals surface area contributed by atoms with Crippen LogP contribution >= 0.6 is 0 Å². The summed E-state index contributed by atoms with van der Waals surface area (Å²) < 4.78 is 0. The van der Waals surface area contributed by atoms with Gasteiger partial charge in [-0.25, -0.2) is 0 Å². The Hall–Kier alpha value is -0.260. The summed E-state index contributed by atoms with van der Waals surface area (Å²) in [5.74, 6) is 1.63. The van der Waals surface area contributed by atoms with E-state index < -0.39 is 0 Å². The van der Waals surface area contributed by atoms with Gasteiger partial charge in [0.25, 0.3) is 0 Å². The second-order valence-electron chi connectivity index (χ2n) is 5.30. The molecule has 0 atom stereocenters. The summed E-state index contributed by atoms with van der Waals surface area (Å²) in [5.41, 5.74) is 2.18. The van der Waals surface area contributed by atoms with Gasteiger partial charge >= 0.3 is 0 Å². The fourth-order valence-electron chi connectivity index (χ4n) is 2.71. The number of hydrogen-bond acceptors (Lipinski definition) is 0. The lowest BCUT2D eigenvalue weighted by Gasteiger charge is -2.43. The van der Waals surface area contributed by atoms with Gasteiger partial charge in [0.15, 0.2) is 0 Å². The van der Waals surface area contributed by atoms with Crippen molar-refractivity contribution in [2.75, 3.05) is 0 Å². The molecule has 0 saturated carbocycles. The summed E-state index contributed by atoms with van der Waals surface area (Å²) in [6, 6.07) is 0. The molecule has 1 aliphatic carbocycles. The molecule has 1 aliphatic rings. The van der Waals surface area contributed by atoms with Crippen LogP contribution in [0.4, 0.5) is 0 Å². The number of rotatable bonds is 2. The van der Waals surface area contributed by atoms with Crippen LogP contribution in [0.15, 0.2) is 11.6 Å². The van der Waals surface area contributed by atoms with Crippen LogP contribution in [0.5, 0.6) is 0 Å². The van der Waals surface area contributed by atoms with Gasteiger partial charge in [0.05, 0.1) is 0 Å². The smallest absolute Gasteiger partial charge is 0.0214 e. The molecule has 76 valence electrons. The van der Waals surface area contributed by atoms with Crippen LogP contribution in [0.25, 0.3) is 0 Å². The highest BCUT2D eigenvalue weighted by Crippen LogP contribution is 2.47. The van der Waals surface area contributed by atoms with Crippen LogP contribution in [0, 0.1) is 17.3 Å². The summed E-state index contributed by atoms with van der Waals surface area (Å²) >= 11 is 0. The SMILES string of the molecule is CC1=CCC(C(C)C)(C(C)C)CC1. The Morgan fingerprint density at radius 1 is 1.15 bits per heavy atom. The minimum absolute atomic E-state index is 0.583. The summed E-state index contributed by atoms with van der Waals surface area (Å²) in [4.78, 5) is 0. The molecule has 0 heterocycles. The maximum Gasteiger partial charge on any atom is -0.0214 e. The zero-order valence-electron chi connectivity index (χ0n) is 9.85. The zero-order valence-corrected chi connectivity index (χ0v) is 9.85. The zero-order chi connectivity index (χ0) is 10.1. The minimum atomic E-state index is 0.583. The largest absolute Gasteiger partial charge is 0.0850 e. The van der Waals surface area contributed by atoms with Gasteiger partial charge in [-0.05, 0) is 43.4 Å². The Bertz CT molecular complexity index is 188. The molecule has 0 aromatic heterocycles. The van der Waals surface area contributed by atoms with E-state index in [1.54, 1.807) is 5.57 Å². The average molecular weight is 180 g/mol. The van der Waals surface area contributed by atoms with E-state index in [-0.39, 0.29) is 0 Å². The summed E-state index contributed by atoms with van der Waals surface area (Å²) in [6.07, 6.45) is 6.47. The summed E-state index contributed by atoms with van der Waals surface area (Å²) in [7, 11) is 0. The number of allylic oxidation sites excluding steroid dienone is 2. The van der Waals surface area contributed by atoms with E-state index in [1.165, 1.54) is 19.3 Å². The van der Waals surface area contributed by atoms with Crippen molar-refractivity contribution in [1.29, 1.82) is 0 Å². The molecule has 0 saturated heterocycles. The third-order valence-electron chi connectivity index (χ3n) is 4.12. The molecule has 0 aliphatic heterocycles. The minimum Gasteiger partial charge on any atom is -0.0850 e. The molecule has 1 rings (SSSR count). The Morgan fingerprint density at radius 2 is 1.69 bits per heavy atom. The van der Waals surface area contributed by atoms with E-state index in [1.807, 2.05) is 0 Å². The lowest BCUT2D eigenvalue weighted by molar-refractivity contribution is 0.0952. The molecule has 0 nitrogen and oxygen atoms in total. The molecular weight excluding hydrogens is 156 g/mol. The lowest BCUT2D eigenvalue weighted by Crippen LogP contribution is -2.34. The number of hydrogen-bond donors (Lipinski definition) is 0. The first-order valence-electron chi connectivity index (χ1n) is 5.64. The average Bonchev–Trinajstić information content (AvgIpc) is 2.04.